The van der Waals surface area contributed by atoms with Crippen LogP contribution in [-0.2, 0) is 0 Å². The minimum Gasteiger partial charge on any atom is -0.350 e. The minimum atomic E-state index is -1.12. The summed E-state index contributed by atoms with van der Waals surface area (Å²) in [5, 5.41) is 0. The molecule has 0 heterocycles. The largest absolute Gasteiger partial charge is 0.350 e. The molecule has 1 aromatic rings. The summed E-state index contributed by atoms with van der Waals surface area (Å²) in [7, 11) is 0. The number of hydrazine groups is 1. The molecule has 5 nitrogen and oxygen atoms in total. The number of rotatable bonds is 1. The first-order valence-corrected chi connectivity index (χ1v) is 3.82. The third kappa shape index (κ3) is 2.63. The van der Waals surface area contributed by atoms with Gasteiger partial charge in [-0.3, -0.25) is 10.2 Å². The van der Waals surface area contributed by atoms with Crippen LogP contribution in [0.15, 0.2) is 18.2 Å². The molecule has 0 aliphatic rings. The van der Waals surface area contributed by atoms with Crippen molar-refractivity contribution in [2.75, 3.05) is 0 Å². The van der Waals surface area contributed by atoms with Gasteiger partial charge < -0.3 is 5.73 Å². The molecule has 0 saturated carbocycles. The first kappa shape index (κ1) is 10.9. The van der Waals surface area contributed by atoms with Gasteiger partial charge in [0.15, 0.2) is 0 Å². The molecular formula is C8H7F2N3O2. The molecule has 15 heavy (non-hydrogen) atoms. The van der Waals surface area contributed by atoms with Gasteiger partial charge in [0.25, 0.3) is 5.91 Å². The van der Waals surface area contributed by atoms with Crippen LogP contribution in [0.4, 0.5) is 13.6 Å². The van der Waals surface area contributed by atoms with E-state index in [0.29, 0.717) is 0 Å². The van der Waals surface area contributed by atoms with Crippen LogP contribution in [0.1, 0.15) is 10.4 Å². The maximum atomic E-state index is 13.0. The Hall–Kier alpha value is -2.18. The Morgan fingerprint density at radius 3 is 2.13 bits per heavy atom. The molecule has 0 fully saturated rings. The normalized spacial score (nSPS) is 9.47. The lowest BCUT2D eigenvalue weighted by atomic mass is 10.2. The standard InChI is InChI=1S/C8H7F2N3O2/c9-4-2-1-3-5(10)6(4)7(14)12-13-8(11)15/h1-3H,(H,12,14)(H3,11,13,15). The first-order valence-electron chi connectivity index (χ1n) is 3.82. The zero-order valence-corrected chi connectivity index (χ0v) is 7.38. The fourth-order valence-electron chi connectivity index (χ4n) is 0.896. The van der Waals surface area contributed by atoms with Gasteiger partial charge in [-0.25, -0.2) is 19.0 Å². The van der Waals surface area contributed by atoms with Crippen molar-refractivity contribution in [1.82, 2.24) is 10.9 Å². The van der Waals surface area contributed by atoms with Gasteiger partial charge in [-0.15, -0.1) is 0 Å². The summed E-state index contributed by atoms with van der Waals surface area (Å²) in [5.41, 5.74) is 7.30. The van der Waals surface area contributed by atoms with E-state index in [0.717, 1.165) is 18.2 Å². The zero-order chi connectivity index (χ0) is 11.4. The molecule has 0 bridgehead atoms. The Balaban J connectivity index is 2.86. The lowest BCUT2D eigenvalue weighted by molar-refractivity contribution is 0.0929. The van der Waals surface area contributed by atoms with Crippen LogP contribution in [0.25, 0.3) is 0 Å². The number of urea groups is 1. The van der Waals surface area contributed by atoms with Gasteiger partial charge in [0.05, 0.1) is 0 Å². The Morgan fingerprint density at radius 1 is 1.13 bits per heavy atom. The second kappa shape index (κ2) is 4.36. The molecule has 0 aromatic heterocycles. The molecule has 0 aliphatic heterocycles. The molecular weight excluding hydrogens is 208 g/mol. The van der Waals surface area contributed by atoms with Gasteiger partial charge in [0, 0.05) is 0 Å². The SMILES string of the molecule is NC(=O)NNC(=O)c1c(F)cccc1F. The second-order valence-corrected chi connectivity index (χ2v) is 2.54. The predicted molar refractivity (Wildman–Crippen MR) is 46.5 cm³/mol. The number of primary amides is 1. The Morgan fingerprint density at radius 2 is 1.67 bits per heavy atom. The van der Waals surface area contributed by atoms with E-state index in [4.69, 9.17) is 0 Å². The van der Waals surface area contributed by atoms with Crippen molar-refractivity contribution < 1.29 is 18.4 Å². The molecule has 0 aliphatic carbocycles. The van der Waals surface area contributed by atoms with Gasteiger partial charge in [-0.2, -0.15) is 0 Å². The third-order valence-corrected chi connectivity index (χ3v) is 1.49. The van der Waals surface area contributed by atoms with Gasteiger partial charge >= 0.3 is 6.03 Å². The number of halogens is 2. The highest BCUT2D eigenvalue weighted by Gasteiger charge is 2.16. The van der Waals surface area contributed by atoms with E-state index in [1.807, 2.05) is 0 Å². The smallest absolute Gasteiger partial charge is 0.330 e. The number of carbonyl (C=O) groups is 2. The van der Waals surface area contributed by atoms with E-state index in [1.54, 1.807) is 10.9 Å². The molecule has 1 rings (SSSR count). The number of nitrogens with two attached hydrogens (primary N) is 1. The van der Waals surface area contributed by atoms with Gasteiger partial charge in [0.1, 0.15) is 17.2 Å². The molecule has 0 unspecified atom stereocenters. The van der Waals surface area contributed by atoms with E-state index in [1.165, 1.54) is 0 Å². The molecule has 0 spiro atoms. The van der Waals surface area contributed by atoms with Crippen LogP contribution in [0, 0.1) is 11.6 Å². The van der Waals surface area contributed by atoms with E-state index < -0.39 is 29.1 Å². The highest BCUT2D eigenvalue weighted by molar-refractivity contribution is 5.95. The summed E-state index contributed by atoms with van der Waals surface area (Å²) in [6, 6.07) is 1.91. The van der Waals surface area contributed by atoms with Gasteiger partial charge in [-0.05, 0) is 12.1 Å². The maximum Gasteiger partial charge on any atom is 0.330 e. The van der Waals surface area contributed by atoms with E-state index in [2.05, 4.69) is 5.73 Å². The fourth-order valence-corrected chi connectivity index (χ4v) is 0.896. The van der Waals surface area contributed by atoms with E-state index in [9.17, 15) is 18.4 Å². The van der Waals surface area contributed by atoms with Crippen molar-refractivity contribution in [1.29, 1.82) is 0 Å². The van der Waals surface area contributed by atoms with Crippen LogP contribution in [0.3, 0.4) is 0 Å². The number of amides is 3. The summed E-state index contributed by atoms with van der Waals surface area (Å²) >= 11 is 0. The highest BCUT2D eigenvalue weighted by atomic mass is 19.1. The Labute approximate surface area is 83.2 Å². The summed E-state index contributed by atoms with van der Waals surface area (Å²) < 4.78 is 26.0. The molecule has 7 heteroatoms. The van der Waals surface area contributed by atoms with Crippen molar-refractivity contribution in [2.45, 2.75) is 0 Å². The lowest BCUT2D eigenvalue weighted by Crippen LogP contribution is -2.45. The Kier molecular flexibility index (Phi) is 3.17. The predicted octanol–water partition coefficient (Wildman–Crippen LogP) is 0.278. The minimum absolute atomic E-state index is 0.786. The maximum absolute atomic E-state index is 13.0. The molecule has 4 N–H and O–H groups in total. The molecule has 0 radical (unpaired) electrons. The number of hydrogen-bond donors (Lipinski definition) is 3. The monoisotopic (exact) mass is 215 g/mol. The average molecular weight is 215 g/mol. The molecule has 1 aromatic carbocycles. The Bertz CT molecular complexity index is 389. The van der Waals surface area contributed by atoms with Crippen molar-refractivity contribution in [3.63, 3.8) is 0 Å². The number of hydrogen-bond acceptors (Lipinski definition) is 2. The van der Waals surface area contributed by atoms with Crippen LogP contribution < -0.4 is 16.6 Å². The summed E-state index contributed by atoms with van der Waals surface area (Å²) in [5.74, 6) is -3.18. The summed E-state index contributed by atoms with van der Waals surface area (Å²) in [6.07, 6.45) is 0. The fraction of sp³-hybridized carbons (Fsp3) is 0. The van der Waals surface area contributed by atoms with Gasteiger partial charge in [-0.1, -0.05) is 6.07 Å². The zero-order valence-electron chi connectivity index (χ0n) is 7.38. The number of benzene rings is 1. The third-order valence-electron chi connectivity index (χ3n) is 1.49. The van der Waals surface area contributed by atoms with E-state index in [-0.39, 0.29) is 0 Å². The van der Waals surface area contributed by atoms with Crippen molar-refractivity contribution >= 4 is 11.9 Å². The van der Waals surface area contributed by atoms with Crippen molar-refractivity contribution in [2.24, 2.45) is 5.73 Å². The second-order valence-electron chi connectivity index (χ2n) is 2.54. The molecule has 0 atom stereocenters. The first-order chi connectivity index (χ1) is 7.02. The molecule has 3 amide bonds. The van der Waals surface area contributed by atoms with Gasteiger partial charge in [0.2, 0.25) is 0 Å². The van der Waals surface area contributed by atoms with Crippen LogP contribution in [0.5, 0.6) is 0 Å². The van der Waals surface area contributed by atoms with Crippen LogP contribution in [0.2, 0.25) is 0 Å². The van der Waals surface area contributed by atoms with Crippen LogP contribution in [-0.4, -0.2) is 11.9 Å². The number of nitrogens with one attached hydrogen (secondary N) is 2. The quantitative estimate of drug-likeness (QED) is 0.588. The topological polar surface area (TPSA) is 84.2 Å². The molecule has 0 saturated heterocycles. The number of carbonyl (C=O) groups excluding carboxylic acids is 2. The lowest BCUT2D eigenvalue weighted by Gasteiger charge is -2.06. The average Bonchev–Trinajstić information content (AvgIpc) is 2.14. The highest BCUT2D eigenvalue weighted by Crippen LogP contribution is 2.11. The summed E-state index contributed by atoms with van der Waals surface area (Å²) in [4.78, 5) is 21.3. The molecule has 80 valence electrons. The summed E-state index contributed by atoms with van der Waals surface area (Å²) in [6.45, 7) is 0. The van der Waals surface area contributed by atoms with Crippen molar-refractivity contribution in [3.05, 3.63) is 35.4 Å². The van der Waals surface area contributed by atoms with Crippen LogP contribution >= 0.6 is 0 Å². The van der Waals surface area contributed by atoms with Crippen molar-refractivity contribution in [3.8, 4) is 0 Å². The van der Waals surface area contributed by atoms with E-state index >= 15 is 0 Å².